The van der Waals surface area contributed by atoms with Crippen LogP contribution in [0.15, 0.2) is 48.6 Å². The van der Waals surface area contributed by atoms with Crippen LogP contribution in [0.2, 0.25) is 5.02 Å². The van der Waals surface area contributed by atoms with Crippen molar-refractivity contribution in [3.63, 3.8) is 0 Å². The third kappa shape index (κ3) is 7.52. The number of benzene rings is 2. The molecule has 0 spiro atoms. The van der Waals surface area contributed by atoms with Gasteiger partial charge in [0.1, 0.15) is 11.4 Å². The average molecular weight is 457 g/mol. The normalized spacial score (nSPS) is 12.1. The van der Waals surface area contributed by atoms with Crippen LogP contribution < -0.4 is 4.74 Å². The Labute approximate surface area is 196 Å². The van der Waals surface area contributed by atoms with Gasteiger partial charge in [-0.25, -0.2) is 4.79 Å². The van der Waals surface area contributed by atoms with E-state index in [1.807, 2.05) is 40.7 Å². The maximum Gasteiger partial charge on any atom is 0.350 e. The van der Waals surface area contributed by atoms with E-state index in [2.05, 4.69) is 12.1 Å². The summed E-state index contributed by atoms with van der Waals surface area (Å²) in [4.78, 5) is 24.7. The molecule has 2 rings (SSSR count). The minimum absolute atomic E-state index is 0.0397. The first kappa shape index (κ1) is 25.7. The lowest BCUT2D eigenvalue weighted by Gasteiger charge is -2.30. The van der Waals surface area contributed by atoms with Gasteiger partial charge in [-0.3, -0.25) is 4.79 Å². The maximum atomic E-state index is 12.5. The Morgan fingerprint density at radius 2 is 1.53 bits per heavy atom. The molecule has 0 N–H and O–H groups in total. The molecule has 0 radical (unpaired) electrons. The van der Waals surface area contributed by atoms with Gasteiger partial charge in [-0.2, -0.15) is 0 Å². The zero-order valence-electron chi connectivity index (χ0n) is 20.0. The highest BCUT2D eigenvalue weighted by Crippen LogP contribution is 2.30. The number of ether oxygens (including phenoxy) is 2. The number of halogens is 1. The number of aryl methyl sites for hydroxylation is 3. The average Bonchev–Trinajstić information content (AvgIpc) is 2.67. The Balaban J connectivity index is 2.02. The van der Waals surface area contributed by atoms with E-state index in [-0.39, 0.29) is 5.78 Å². The van der Waals surface area contributed by atoms with Gasteiger partial charge in [-0.05, 0) is 108 Å². The summed E-state index contributed by atoms with van der Waals surface area (Å²) in [7, 11) is 0. The highest BCUT2D eigenvalue weighted by molar-refractivity contribution is 6.30. The summed E-state index contributed by atoms with van der Waals surface area (Å²) in [6, 6.07) is 11.0. The highest BCUT2D eigenvalue weighted by Gasteiger charge is 2.35. The molecule has 4 nitrogen and oxygen atoms in total. The van der Waals surface area contributed by atoms with Gasteiger partial charge in [0.15, 0.2) is 11.4 Å². The van der Waals surface area contributed by atoms with Crippen molar-refractivity contribution >= 4 is 23.4 Å². The molecule has 32 heavy (non-hydrogen) atoms. The van der Waals surface area contributed by atoms with Gasteiger partial charge in [0.2, 0.25) is 0 Å². The molecule has 0 heterocycles. The fraction of sp³-hybridized carbons (Fsp3) is 0.407. The van der Waals surface area contributed by atoms with Crippen molar-refractivity contribution in [3.8, 4) is 5.75 Å². The summed E-state index contributed by atoms with van der Waals surface area (Å²) in [6.07, 6.45) is 5.02. The molecule has 172 valence electrons. The number of hydrogen-bond donors (Lipinski definition) is 0. The lowest BCUT2D eigenvalue weighted by atomic mass is 10.0. The number of carbonyl (C=O) groups excluding carboxylic acids is 2. The zero-order valence-corrected chi connectivity index (χ0v) is 20.8. The van der Waals surface area contributed by atoms with Crippen molar-refractivity contribution in [2.24, 2.45) is 0 Å². The van der Waals surface area contributed by atoms with Crippen molar-refractivity contribution in [2.45, 2.75) is 72.5 Å². The van der Waals surface area contributed by atoms with Crippen molar-refractivity contribution in [2.75, 3.05) is 0 Å². The van der Waals surface area contributed by atoms with Crippen LogP contribution in [0.5, 0.6) is 5.75 Å². The second kappa shape index (κ2) is 10.4. The summed E-state index contributed by atoms with van der Waals surface area (Å²) in [5.74, 6) is 0.253. The van der Waals surface area contributed by atoms with E-state index in [4.69, 9.17) is 21.1 Å². The molecule has 2 aromatic rings. The summed E-state index contributed by atoms with van der Waals surface area (Å²) < 4.78 is 11.6. The number of ketones is 1. The number of rotatable bonds is 8. The molecule has 0 unspecified atom stereocenters. The van der Waals surface area contributed by atoms with Crippen molar-refractivity contribution in [1.29, 1.82) is 0 Å². The molecule has 0 aliphatic rings. The summed E-state index contributed by atoms with van der Waals surface area (Å²) in [5, 5.41) is 0.609. The van der Waals surface area contributed by atoms with E-state index in [1.54, 1.807) is 44.2 Å². The maximum absolute atomic E-state index is 12.5. The molecular formula is C27H33ClO4. The predicted molar refractivity (Wildman–Crippen MR) is 130 cm³/mol. The first-order valence-corrected chi connectivity index (χ1v) is 11.2. The Kier molecular flexibility index (Phi) is 8.30. The zero-order chi connectivity index (χ0) is 24.1. The van der Waals surface area contributed by atoms with Gasteiger partial charge < -0.3 is 9.47 Å². The lowest BCUT2D eigenvalue weighted by molar-refractivity contribution is -0.171. The van der Waals surface area contributed by atoms with E-state index in [0.717, 1.165) is 29.5 Å². The van der Waals surface area contributed by atoms with Gasteiger partial charge in [0.25, 0.3) is 0 Å². The second-order valence-corrected chi connectivity index (χ2v) is 9.92. The molecule has 0 atom stereocenters. The van der Waals surface area contributed by atoms with Gasteiger partial charge in [-0.1, -0.05) is 29.8 Å². The molecular weight excluding hydrogens is 424 g/mol. The van der Waals surface area contributed by atoms with Crippen LogP contribution in [0.4, 0.5) is 0 Å². The van der Waals surface area contributed by atoms with E-state index in [1.165, 1.54) is 0 Å². The van der Waals surface area contributed by atoms with Crippen LogP contribution >= 0.6 is 11.6 Å². The molecule has 0 saturated carbocycles. The smallest absolute Gasteiger partial charge is 0.350 e. The van der Waals surface area contributed by atoms with Gasteiger partial charge in [0, 0.05) is 10.6 Å². The predicted octanol–water partition coefficient (Wildman–Crippen LogP) is 6.83. The van der Waals surface area contributed by atoms with Crippen molar-refractivity contribution in [3.05, 3.63) is 75.8 Å². The van der Waals surface area contributed by atoms with E-state index >= 15 is 0 Å². The first-order chi connectivity index (χ1) is 14.8. The fourth-order valence-corrected chi connectivity index (χ4v) is 3.32. The molecule has 0 aliphatic heterocycles. The second-order valence-electron chi connectivity index (χ2n) is 9.49. The standard InChI is InChI=1S/C27H33ClO4/c1-18-16-20(10-8-9-11-23(29)21-12-14-22(28)15-13-21)17-19(2)24(18)31-27(6,7)25(30)32-26(3,4)5/h9,11-17H,8,10H2,1-7H3/b11-9+. The van der Waals surface area contributed by atoms with Crippen LogP contribution in [0.25, 0.3) is 0 Å². The van der Waals surface area contributed by atoms with Crippen LogP contribution in [0.3, 0.4) is 0 Å². The quantitative estimate of drug-likeness (QED) is 0.248. The van der Waals surface area contributed by atoms with E-state index in [0.29, 0.717) is 16.3 Å². The Bertz CT molecular complexity index is 972. The molecule has 0 bridgehead atoms. The highest BCUT2D eigenvalue weighted by atomic mass is 35.5. The summed E-state index contributed by atoms with van der Waals surface area (Å²) >= 11 is 5.86. The molecule has 5 heteroatoms. The van der Waals surface area contributed by atoms with Crippen LogP contribution in [0.1, 0.15) is 68.1 Å². The van der Waals surface area contributed by atoms with Gasteiger partial charge >= 0.3 is 5.97 Å². The molecule has 0 aliphatic carbocycles. The van der Waals surface area contributed by atoms with Crippen molar-refractivity contribution < 1.29 is 19.1 Å². The Morgan fingerprint density at radius 3 is 2.06 bits per heavy atom. The number of esters is 1. The Hall–Kier alpha value is -2.59. The third-order valence-corrected chi connectivity index (χ3v) is 5.02. The first-order valence-electron chi connectivity index (χ1n) is 10.8. The topological polar surface area (TPSA) is 52.6 Å². The molecule has 2 aromatic carbocycles. The van der Waals surface area contributed by atoms with Gasteiger partial charge in [-0.15, -0.1) is 0 Å². The SMILES string of the molecule is Cc1cc(CC/C=C/C(=O)c2ccc(Cl)cc2)cc(C)c1OC(C)(C)C(=O)OC(C)(C)C. The number of carbonyl (C=O) groups is 2. The summed E-state index contributed by atoms with van der Waals surface area (Å²) in [6.45, 7) is 12.9. The van der Waals surface area contributed by atoms with E-state index < -0.39 is 17.2 Å². The van der Waals surface area contributed by atoms with E-state index in [9.17, 15) is 9.59 Å². The minimum Gasteiger partial charge on any atom is -0.476 e. The number of hydrogen-bond acceptors (Lipinski definition) is 4. The largest absolute Gasteiger partial charge is 0.476 e. The molecule has 0 saturated heterocycles. The minimum atomic E-state index is -1.10. The molecule has 0 fully saturated rings. The van der Waals surface area contributed by atoms with Crippen LogP contribution in [-0.4, -0.2) is 23.0 Å². The Morgan fingerprint density at radius 1 is 0.969 bits per heavy atom. The monoisotopic (exact) mass is 456 g/mol. The lowest BCUT2D eigenvalue weighted by Crippen LogP contribution is -2.43. The van der Waals surface area contributed by atoms with Crippen LogP contribution in [-0.2, 0) is 16.0 Å². The molecule has 0 aromatic heterocycles. The summed E-state index contributed by atoms with van der Waals surface area (Å²) in [5.41, 5.74) is 2.00. The van der Waals surface area contributed by atoms with Crippen LogP contribution in [0, 0.1) is 13.8 Å². The van der Waals surface area contributed by atoms with Gasteiger partial charge in [0.05, 0.1) is 0 Å². The number of allylic oxidation sites excluding steroid dienone is 2. The third-order valence-electron chi connectivity index (χ3n) is 4.77. The molecule has 0 amide bonds. The van der Waals surface area contributed by atoms with Crippen molar-refractivity contribution in [1.82, 2.24) is 0 Å². The fourth-order valence-electron chi connectivity index (χ4n) is 3.19.